The van der Waals surface area contributed by atoms with Crippen molar-refractivity contribution >= 4 is 35.3 Å². The number of ketones is 1. The Morgan fingerprint density at radius 3 is 2.23 bits per heavy atom. The van der Waals surface area contributed by atoms with E-state index in [0.717, 1.165) is 19.3 Å². The molecule has 1 aromatic rings. The monoisotopic (exact) mass is 655 g/mol. The Balaban J connectivity index is 1.85. The molecule has 2 fully saturated rings. The molecule has 1 aliphatic heterocycles. The number of hydrogen-bond donors (Lipinski definition) is 4. The number of carbonyl (C=O) groups excluding carboxylic acids is 6. The van der Waals surface area contributed by atoms with Gasteiger partial charge in [0.25, 0.3) is 11.8 Å². The maximum Gasteiger partial charge on any atom is 0.289 e. The van der Waals surface area contributed by atoms with Gasteiger partial charge in [-0.1, -0.05) is 61.3 Å². The molecule has 2 aliphatic rings. The first-order valence-electron chi connectivity index (χ1n) is 16.9. The number of aromatic nitrogens is 2. The molecule has 1 unspecified atom stereocenters. The van der Waals surface area contributed by atoms with Gasteiger partial charge in [-0.05, 0) is 55.8 Å². The van der Waals surface area contributed by atoms with Gasteiger partial charge in [-0.2, -0.15) is 0 Å². The Kier molecular flexibility index (Phi) is 13.0. The lowest BCUT2D eigenvalue weighted by molar-refractivity contribution is -0.146. The van der Waals surface area contributed by atoms with Crippen molar-refractivity contribution in [2.45, 2.75) is 124 Å². The summed E-state index contributed by atoms with van der Waals surface area (Å²) in [6, 6.07) is -4.04. The molecule has 7 atom stereocenters. The number of amides is 5. The number of fused-ring (bicyclic) bond motifs is 1. The molecule has 13 nitrogen and oxygen atoms in total. The van der Waals surface area contributed by atoms with E-state index in [-0.39, 0.29) is 35.9 Å². The fourth-order valence-corrected chi connectivity index (χ4v) is 6.45. The second-order valence-corrected chi connectivity index (χ2v) is 14.4. The number of hydrogen-bond acceptors (Lipinski definition) is 8. The van der Waals surface area contributed by atoms with E-state index in [1.165, 1.54) is 18.6 Å². The van der Waals surface area contributed by atoms with E-state index in [1.54, 1.807) is 25.7 Å². The van der Waals surface area contributed by atoms with Crippen LogP contribution in [0.25, 0.3) is 0 Å². The fraction of sp³-hybridized carbons (Fsp3) is 0.706. The molecule has 13 heteroatoms. The average Bonchev–Trinajstić information content (AvgIpc) is 3.62. The van der Waals surface area contributed by atoms with Gasteiger partial charge in [-0.15, -0.1) is 0 Å². The highest BCUT2D eigenvalue weighted by atomic mass is 16.2. The van der Waals surface area contributed by atoms with Gasteiger partial charge >= 0.3 is 0 Å². The molecule has 1 aromatic heterocycles. The molecule has 47 heavy (non-hydrogen) atoms. The van der Waals surface area contributed by atoms with Crippen molar-refractivity contribution in [2.75, 3.05) is 6.54 Å². The first kappa shape index (κ1) is 37.6. The summed E-state index contributed by atoms with van der Waals surface area (Å²) in [5.74, 6) is -3.73. The predicted molar refractivity (Wildman–Crippen MR) is 176 cm³/mol. The molecular weight excluding hydrogens is 602 g/mol. The largest absolute Gasteiger partial charge is 0.347 e. The molecule has 1 saturated heterocycles. The third-order valence-corrected chi connectivity index (χ3v) is 9.30. The van der Waals surface area contributed by atoms with Crippen LogP contribution >= 0.6 is 0 Å². The van der Waals surface area contributed by atoms with E-state index >= 15 is 0 Å². The van der Waals surface area contributed by atoms with Crippen LogP contribution in [0.3, 0.4) is 0 Å². The summed E-state index contributed by atoms with van der Waals surface area (Å²) in [5.41, 5.74) is -0.694. The Morgan fingerprint density at radius 2 is 1.66 bits per heavy atom. The number of rotatable bonds is 14. The van der Waals surface area contributed by atoms with E-state index in [1.807, 2.05) is 34.6 Å². The summed E-state index contributed by atoms with van der Waals surface area (Å²) < 4.78 is 0. The first-order chi connectivity index (χ1) is 22.1. The van der Waals surface area contributed by atoms with Gasteiger partial charge in [0.1, 0.15) is 23.8 Å². The lowest BCUT2D eigenvalue weighted by Crippen LogP contribution is -2.62. The zero-order valence-corrected chi connectivity index (χ0v) is 29.1. The van der Waals surface area contributed by atoms with Gasteiger partial charge in [0.05, 0.1) is 12.2 Å². The summed E-state index contributed by atoms with van der Waals surface area (Å²) in [4.78, 5) is 90.3. The minimum Gasteiger partial charge on any atom is -0.347 e. The van der Waals surface area contributed by atoms with Crippen LogP contribution in [0.1, 0.15) is 104 Å². The van der Waals surface area contributed by atoms with E-state index in [2.05, 4.69) is 31.2 Å². The normalized spacial score (nSPS) is 21.6. The zero-order valence-electron chi connectivity index (χ0n) is 29.1. The Labute approximate surface area is 278 Å². The lowest BCUT2D eigenvalue weighted by Gasteiger charge is -2.37. The summed E-state index contributed by atoms with van der Waals surface area (Å²) in [6.07, 6.45) is 8.18. The van der Waals surface area contributed by atoms with Gasteiger partial charge in [0.15, 0.2) is 0 Å². The molecule has 260 valence electrons. The van der Waals surface area contributed by atoms with Gasteiger partial charge in [-0.25, -0.2) is 4.98 Å². The van der Waals surface area contributed by atoms with Gasteiger partial charge in [0.2, 0.25) is 23.5 Å². The summed E-state index contributed by atoms with van der Waals surface area (Å²) >= 11 is 0. The first-order valence-corrected chi connectivity index (χ1v) is 16.9. The molecule has 2 heterocycles. The van der Waals surface area contributed by atoms with Crippen molar-refractivity contribution in [1.82, 2.24) is 36.1 Å². The topological polar surface area (TPSA) is 180 Å². The van der Waals surface area contributed by atoms with Crippen LogP contribution in [0.5, 0.6) is 0 Å². The van der Waals surface area contributed by atoms with Gasteiger partial charge < -0.3 is 26.2 Å². The van der Waals surface area contributed by atoms with E-state index in [0.29, 0.717) is 19.4 Å². The number of likely N-dealkylation sites (tertiary alicyclic amines) is 1. The predicted octanol–water partition coefficient (Wildman–Crippen LogP) is 2.16. The fourth-order valence-electron chi connectivity index (χ4n) is 6.45. The highest BCUT2D eigenvalue weighted by Crippen LogP contribution is 2.43. The minimum atomic E-state index is -1.02. The Morgan fingerprint density at radius 1 is 0.957 bits per heavy atom. The maximum absolute atomic E-state index is 14.4. The second-order valence-electron chi connectivity index (χ2n) is 14.4. The third-order valence-electron chi connectivity index (χ3n) is 9.30. The van der Waals surface area contributed by atoms with E-state index in [9.17, 15) is 28.8 Å². The minimum absolute atomic E-state index is 0.0593. The van der Waals surface area contributed by atoms with Crippen LogP contribution in [0.2, 0.25) is 0 Å². The van der Waals surface area contributed by atoms with Crippen molar-refractivity contribution in [3.05, 3.63) is 24.3 Å². The highest BCUT2D eigenvalue weighted by molar-refractivity contribution is 6.38. The van der Waals surface area contributed by atoms with Crippen LogP contribution < -0.4 is 21.3 Å². The average molecular weight is 656 g/mol. The molecule has 0 bridgehead atoms. The molecule has 0 aromatic carbocycles. The highest BCUT2D eigenvalue weighted by Gasteiger charge is 2.52. The summed E-state index contributed by atoms with van der Waals surface area (Å²) in [7, 11) is 0. The molecule has 0 spiro atoms. The van der Waals surface area contributed by atoms with E-state index in [4.69, 9.17) is 0 Å². The molecule has 3 rings (SSSR count). The van der Waals surface area contributed by atoms with Crippen molar-refractivity contribution < 1.29 is 28.8 Å². The number of carbonyl (C=O) groups is 6. The van der Waals surface area contributed by atoms with Crippen LogP contribution in [0, 0.1) is 23.2 Å². The van der Waals surface area contributed by atoms with Crippen molar-refractivity contribution in [2.24, 2.45) is 23.2 Å². The van der Waals surface area contributed by atoms with Gasteiger partial charge in [0, 0.05) is 25.0 Å². The van der Waals surface area contributed by atoms with Crippen LogP contribution in [0.4, 0.5) is 0 Å². The smallest absolute Gasteiger partial charge is 0.289 e. The molecule has 0 radical (unpaired) electrons. The van der Waals surface area contributed by atoms with Crippen LogP contribution in [0.15, 0.2) is 18.6 Å². The third kappa shape index (κ3) is 9.35. The SMILES string of the molecule is CCCC(NC(=O)[C@@H]1[C@H]2CCC[C@H]2CN1C(=O)[C@@H](NC(=O)[C@@H](NC(=O)c1cnccn1)C(C)C)C(C)(C)C)C(=O)C(=O)N[C@H](C)CC. The zero-order chi connectivity index (χ0) is 35.1. The summed E-state index contributed by atoms with van der Waals surface area (Å²) in [5, 5.41) is 11.1. The Hall–Kier alpha value is -3.90. The van der Waals surface area contributed by atoms with Crippen molar-refractivity contribution in [3.63, 3.8) is 0 Å². The summed E-state index contributed by atoms with van der Waals surface area (Å²) in [6.45, 7) is 15.0. The standard InChI is InChI=1S/C34H53N7O6/c1-9-12-23(27(42)32(46)37-20(5)10-2)38-31(45)26-22-14-11-13-21(22)18-41(26)33(47)28(34(6,7)8)40-30(44)25(19(3)4)39-29(43)24-17-35-15-16-36-24/h15-17,19-23,25-26,28H,9-14,18H2,1-8H3,(H,37,46)(H,38,45)(H,39,43)(H,40,44)/t20-,21+,22+,23?,25+,26+,28-/m1/s1. The van der Waals surface area contributed by atoms with Crippen molar-refractivity contribution in [3.8, 4) is 0 Å². The number of nitrogens with zero attached hydrogens (tertiary/aromatic N) is 3. The van der Waals surface area contributed by atoms with Crippen molar-refractivity contribution in [1.29, 1.82) is 0 Å². The van der Waals surface area contributed by atoms with Crippen LogP contribution in [-0.4, -0.2) is 86.9 Å². The quantitative estimate of drug-likeness (QED) is 0.220. The number of nitrogens with one attached hydrogen (secondary N) is 4. The molecule has 4 N–H and O–H groups in total. The molecular formula is C34H53N7O6. The van der Waals surface area contributed by atoms with E-state index < -0.39 is 64.9 Å². The number of Topliss-reactive ketones (excluding diaryl/α,β-unsaturated/α-hetero) is 1. The molecule has 1 saturated carbocycles. The molecule has 5 amide bonds. The maximum atomic E-state index is 14.4. The lowest BCUT2D eigenvalue weighted by atomic mass is 9.85. The Bertz CT molecular complexity index is 1300. The van der Waals surface area contributed by atoms with Gasteiger partial charge in [-0.3, -0.25) is 33.8 Å². The second kappa shape index (κ2) is 16.3. The van der Waals surface area contributed by atoms with Crippen LogP contribution in [-0.2, 0) is 24.0 Å². The molecule has 1 aliphatic carbocycles.